The van der Waals surface area contributed by atoms with E-state index in [2.05, 4.69) is 0 Å². The molecular weight excluding hydrogens is 102 g/mol. The van der Waals surface area contributed by atoms with Crippen molar-refractivity contribution in [1.82, 2.24) is 0 Å². The largest absolute Gasteiger partial charge is 0.391 e. The average Bonchev–Trinajstić information content (AvgIpc) is 2.14. The molecule has 0 amide bonds. The van der Waals surface area contributed by atoms with E-state index in [1.807, 2.05) is 12.1 Å². The number of hydrogen-bond donors (Lipinski definition) is 1. The maximum Gasteiger partial charge on any atom is 0.0905 e. The molecule has 0 spiro atoms. The Morgan fingerprint density at radius 3 is 2.75 bits per heavy atom. The Hall–Kier alpha value is -0.810. The Labute approximate surface area is 48.1 Å². The highest BCUT2D eigenvalue weighted by Crippen LogP contribution is 2.15. The van der Waals surface area contributed by atoms with E-state index in [0.717, 1.165) is 0 Å². The quantitative estimate of drug-likeness (QED) is 0.459. The van der Waals surface area contributed by atoms with Crippen LogP contribution in [-0.4, -0.2) is 11.2 Å². The lowest BCUT2D eigenvalue weighted by molar-refractivity contribution is 0.164. The summed E-state index contributed by atoms with van der Waals surface area (Å²) in [5.41, 5.74) is 0. The highest BCUT2D eigenvalue weighted by atomic mass is 16.3. The van der Waals surface area contributed by atoms with Crippen molar-refractivity contribution in [2.24, 2.45) is 5.92 Å². The van der Waals surface area contributed by atoms with Crippen molar-refractivity contribution in [2.75, 3.05) is 0 Å². The average molecular weight is 109 g/mol. The minimum atomic E-state index is -0.444. The Bertz CT molecular complexity index is 145. The van der Waals surface area contributed by atoms with Crippen LogP contribution in [0, 0.1) is 17.2 Å². The lowest BCUT2D eigenvalue weighted by Gasteiger charge is -2.01. The summed E-state index contributed by atoms with van der Waals surface area (Å²) in [6.45, 7) is 0. The second-order valence-electron chi connectivity index (χ2n) is 1.89. The van der Waals surface area contributed by atoms with Gasteiger partial charge in [0.1, 0.15) is 0 Å². The van der Waals surface area contributed by atoms with Crippen LogP contribution >= 0.6 is 0 Å². The van der Waals surface area contributed by atoms with E-state index in [9.17, 15) is 0 Å². The highest BCUT2D eigenvalue weighted by Gasteiger charge is 2.18. The Kier molecular flexibility index (Phi) is 1.32. The van der Waals surface area contributed by atoms with Gasteiger partial charge in [-0.05, 0) is 6.42 Å². The summed E-state index contributed by atoms with van der Waals surface area (Å²) in [4.78, 5) is 0. The van der Waals surface area contributed by atoms with Gasteiger partial charge in [0.05, 0.1) is 18.1 Å². The molecule has 1 aliphatic rings. The number of nitriles is 1. The zero-order valence-electron chi connectivity index (χ0n) is 4.41. The van der Waals surface area contributed by atoms with Gasteiger partial charge in [-0.1, -0.05) is 12.2 Å². The maximum atomic E-state index is 8.90. The molecule has 0 aromatic heterocycles. The summed E-state index contributed by atoms with van der Waals surface area (Å²) < 4.78 is 0. The normalized spacial score (nSPS) is 35.0. The van der Waals surface area contributed by atoms with Crippen LogP contribution in [0.25, 0.3) is 0 Å². The summed E-state index contributed by atoms with van der Waals surface area (Å²) in [6, 6.07) is 1.98. The fourth-order valence-corrected chi connectivity index (χ4v) is 0.769. The van der Waals surface area contributed by atoms with Crippen LogP contribution in [0.1, 0.15) is 6.42 Å². The topological polar surface area (TPSA) is 44.0 Å². The van der Waals surface area contributed by atoms with Crippen molar-refractivity contribution < 1.29 is 5.11 Å². The van der Waals surface area contributed by atoms with E-state index >= 15 is 0 Å². The zero-order chi connectivity index (χ0) is 5.98. The molecular formula is C6H7NO. The molecule has 0 radical (unpaired) electrons. The van der Waals surface area contributed by atoms with Crippen molar-refractivity contribution in [2.45, 2.75) is 12.5 Å². The molecule has 0 bridgehead atoms. The minimum absolute atomic E-state index is 0.255. The molecule has 2 atom stereocenters. The number of aliphatic hydroxyl groups is 1. The second kappa shape index (κ2) is 1.97. The van der Waals surface area contributed by atoms with E-state index < -0.39 is 6.10 Å². The van der Waals surface area contributed by atoms with Crippen molar-refractivity contribution in [3.8, 4) is 6.07 Å². The molecule has 2 heteroatoms. The van der Waals surface area contributed by atoms with Gasteiger partial charge < -0.3 is 5.11 Å². The van der Waals surface area contributed by atoms with Crippen LogP contribution in [0.2, 0.25) is 0 Å². The fourth-order valence-electron chi connectivity index (χ4n) is 0.769. The second-order valence-corrected chi connectivity index (χ2v) is 1.89. The third-order valence-corrected chi connectivity index (χ3v) is 1.28. The third-order valence-electron chi connectivity index (χ3n) is 1.28. The fraction of sp³-hybridized carbons (Fsp3) is 0.500. The first-order chi connectivity index (χ1) is 3.84. The third kappa shape index (κ3) is 0.728. The molecule has 0 aliphatic heterocycles. The minimum Gasteiger partial charge on any atom is -0.391 e. The first kappa shape index (κ1) is 5.33. The molecule has 0 saturated carbocycles. The number of rotatable bonds is 0. The number of hydrogen-bond acceptors (Lipinski definition) is 2. The molecule has 1 aliphatic carbocycles. The SMILES string of the molecule is N#CC1C=CCC1O. The molecule has 2 unspecified atom stereocenters. The van der Waals surface area contributed by atoms with Crippen LogP contribution in [-0.2, 0) is 0 Å². The Morgan fingerprint density at radius 2 is 2.50 bits per heavy atom. The standard InChI is InChI=1S/C6H7NO/c7-4-5-2-1-3-6(5)8/h1-2,5-6,8H,3H2. The molecule has 0 heterocycles. The van der Waals surface area contributed by atoms with Gasteiger partial charge in [-0.3, -0.25) is 0 Å². The molecule has 0 fully saturated rings. The number of nitrogens with zero attached hydrogens (tertiary/aromatic N) is 1. The summed E-state index contributed by atoms with van der Waals surface area (Å²) in [5.74, 6) is -0.255. The predicted octanol–water partition coefficient (Wildman–Crippen LogP) is 0.447. The highest BCUT2D eigenvalue weighted by molar-refractivity contribution is 5.10. The van der Waals surface area contributed by atoms with E-state index in [4.69, 9.17) is 10.4 Å². The predicted molar refractivity (Wildman–Crippen MR) is 28.9 cm³/mol. The first-order valence-corrected chi connectivity index (χ1v) is 2.59. The lowest BCUT2D eigenvalue weighted by atomic mass is 10.1. The van der Waals surface area contributed by atoms with Gasteiger partial charge in [-0.15, -0.1) is 0 Å². The molecule has 1 rings (SSSR count). The van der Waals surface area contributed by atoms with E-state index in [-0.39, 0.29) is 5.92 Å². The van der Waals surface area contributed by atoms with Crippen molar-refractivity contribution in [1.29, 1.82) is 5.26 Å². The first-order valence-electron chi connectivity index (χ1n) is 2.59. The summed E-state index contributed by atoms with van der Waals surface area (Å²) >= 11 is 0. The van der Waals surface area contributed by atoms with Gasteiger partial charge in [0.15, 0.2) is 0 Å². The lowest BCUT2D eigenvalue weighted by Crippen LogP contribution is -2.10. The van der Waals surface area contributed by atoms with Crippen molar-refractivity contribution in [3.63, 3.8) is 0 Å². The molecule has 42 valence electrons. The van der Waals surface area contributed by atoms with Crippen LogP contribution in [0.5, 0.6) is 0 Å². The molecule has 0 aromatic carbocycles. The zero-order valence-corrected chi connectivity index (χ0v) is 4.41. The molecule has 2 nitrogen and oxygen atoms in total. The van der Waals surface area contributed by atoms with Crippen LogP contribution in [0.4, 0.5) is 0 Å². The van der Waals surface area contributed by atoms with Gasteiger partial charge in [0.25, 0.3) is 0 Å². The number of aliphatic hydroxyl groups excluding tert-OH is 1. The summed E-state index contributed by atoms with van der Waals surface area (Å²) in [6.07, 6.45) is 3.77. The van der Waals surface area contributed by atoms with E-state index in [1.54, 1.807) is 6.08 Å². The van der Waals surface area contributed by atoms with Crippen molar-refractivity contribution >= 4 is 0 Å². The molecule has 0 aromatic rings. The van der Waals surface area contributed by atoms with Gasteiger partial charge in [-0.2, -0.15) is 5.26 Å². The van der Waals surface area contributed by atoms with E-state index in [1.165, 1.54) is 0 Å². The van der Waals surface area contributed by atoms with Gasteiger partial charge in [-0.25, -0.2) is 0 Å². The maximum absolute atomic E-state index is 8.90. The molecule has 1 N–H and O–H groups in total. The molecule has 0 saturated heterocycles. The van der Waals surface area contributed by atoms with Gasteiger partial charge in [0, 0.05) is 0 Å². The van der Waals surface area contributed by atoms with Crippen molar-refractivity contribution in [3.05, 3.63) is 12.2 Å². The summed E-state index contributed by atoms with van der Waals surface area (Å²) in [7, 11) is 0. The van der Waals surface area contributed by atoms with Crippen LogP contribution < -0.4 is 0 Å². The van der Waals surface area contributed by atoms with Gasteiger partial charge in [0.2, 0.25) is 0 Å². The summed E-state index contributed by atoms with van der Waals surface area (Å²) in [5, 5.41) is 17.2. The monoisotopic (exact) mass is 109 g/mol. The molecule has 8 heavy (non-hydrogen) atoms. The van der Waals surface area contributed by atoms with Crippen LogP contribution in [0.15, 0.2) is 12.2 Å². The Balaban J connectivity index is 2.57. The Morgan fingerprint density at radius 1 is 1.75 bits per heavy atom. The van der Waals surface area contributed by atoms with Gasteiger partial charge >= 0.3 is 0 Å². The van der Waals surface area contributed by atoms with Crippen LogP contribution in [0.3, 0.4) is 0 Å². The smallest absolute Gasteiger partial charge is 0.0905 e. The van der Waals surface area contributed by atoms with E-state index in [0.29, 0.717) is 6.42 Å².